The van der Waals surface area contributed by atoms with E-state index in [0.717, 1.165) is 12.1 Å². The monoisotopic (exact) mass is 220 g/mol. The molecular weight excluding hydrogens is 209 g/mol. The van der Waals surface area contributed by atoms with E-state index in [1.807, 2.05) is 0 Å². The molecule has 0 heterocycles. The molecule has 0 aliphatic carbocycles. The Morgan fingerprint density at radius 1 is 1.20 bits per heavy atom. The SMILES string of the molecule is C[C@](O)(CO)c1cccc(C(F)(F)F)c1. The third-order valence-corrected chi connectivity index (χ3v) is 2.12. The van der Waals surface area contributed by atoms with E-state index in [1.54, 1.807) is 0 Å². The number of aliphatic hydroxyl groups excluding tert-OH is 1. The molecule has 0 aliphatic heterocycles. The highest BCUT2D eigenvalue weighted by Crippen LogP contribution is 2.31. The maximum Gasteiger partial charge on any atom is 0.416 e. The highest BCUT2D eigenvalue weighted by atomic mass is 19.4. The largest absolute Gasteiger partial charge is 0.416 e. The molecule has 0 aliphatic rings. The molecule has 2 N–H and O–H groups in total. The molecule has 84 valence electrons. The molecule has 0 fully saturated rings. The molecule has 0 unspecified atom stereocenters. The van der Waals surface area contributed by atoms with Crippen molar-refractivity contribution in [3.05, 3.63) is 35.4 Å². The fourth-order valence-corrected chi connectivity index (χ4v) is 1.12. The second kappa shape index (κ2) is 3.83. The molecule has 1 rings (SSSR count). The van der Waals surface area contributed by atoms with Gasteiger partial charge in [0.15, 0.2) is 0 Å². The van der Waals surface area contributed by atoms with Gasteiger partial charge in [0.25, 0.3) is 0 Å². The van der Waals surface area contributed by atoms with Gasteiger partial charge in [0, 0.05) is 0 Å². The highest BCUT2D eigenvalue weighted by molar-refractivity contribution is 5.29. The molecule has 0 saturated heterocycles. The van der Waals surface area contributed by atoms with Crippen LogP contribution in [-0.4, -0.2) is 16.8 Å². The van der Waals surface area contributed by atoms with E-state index in [4.69, 9.17) is 5.11 Å². The first-order valence-electron chi connectivity index (χ1n) is 4.28. The zero-order valence-corrected chi connectivity index (χ0v) is 8.04. The topological polar surface area (TPSA) is 40.5 Å². The second-order valence-electron chi connectivity index (χ2n) is 3.51. The number of hydrogen-bond donors (Lipinski definition) is 2. The number of alkyl halides is 3. The lowest BCUT2D eigenvalue weighted by molar-refractivity contribution is -0.137. The van der Waals surface area contributed by atoms with Crippen molar-refractivity contribution in [1.82, 2.24) is 0 Å². The summed E-state index contributed by atoms with van der Waals surface area (Å²) in [6.07, 6.45) is -4.44. The summed E-state index contributed by atoms with van der Waals surface area (Å²) in [6, 6.07) is 4.28. The zero-order chi connectivity index (χ0) is 11.7. The molecule has 1 aromatic carbocycles. The Bertz CT molecular complexity index is 345. The smallest absolute Gasteiger partial charge is 0.393 e. The summed E-state index contributed by atoms with van der Waals surface area (Å²) < 4.78 is 36.9. The van der Waals surface area contributed by atoms with Crippen LogP contribution in [0, 0.1) is 0 Å². The van der Waals surface area contributed by atoms with Crippen molar-refractivity contribution < 1.29 is 23.4 Å². The van der Waals surface area contributed by atoms with Crippen molar-refractivity contribution in [2.75, 3.05) is 6.61 Å². The van der Waals surface area contributed by atoms with Crippen molar-refractivity contribution in [3.8, 4) is 0 Å². The lowest BCUT2D eigenvalue weighted by atomic mass is 9.95. The molecule has 0 amide bonds. The maximum absolute atomic E-state index is 12.3. The predicted molar refractivity (Wildman–Crippen MR) is 48.1 cm³/mol. The van der Waals surface area contributed by atoms with E-state index in [2.05, 4.69) is 0 Å². The second-order valence-corrected chi connectivity index (χ2v) is 3.51. The molecule has 2 nitrogen and oxygen atoms in total. The van der Waals surface area contributed by atoms with E-state index in [0.29, 0.717) is 0 Å². The lowest BCUT2D eigenvalue weighted by Crippen LogP contribution is -2.26. The lowest BCUT2D eigenvalue weighted by Gasteiger charge is -2.21. The minimum Gasteiger partial charge on any atom is -0.393 e. The van der Waals surface area contributed by atoms with Gasteiger partial charge in [-0.1, -0.05) is 12.1 Å². The van der Waals surface area contributed by atoms with Crippen LogP contribution in [0.2, 0.25) is 0 Å². The van der Waals surface area contributed by atoms with Crippen LogP contribution in [-0.2, 0) is 11.8 Å². The Kier molecular flexibility index (Phi) is 3.06. The normalized spacial score (nSPS) is 16.1. The Hall–Kier alpha value is -1.07. The van der Waals surface area contributed by atoms with Crippen LogP contribution in [0.15, 0.2) is 24.3 Å². The minimum atomic E-state index is -4.44. The van der Waals surface area contributed by atoms with Gasteiger partial charge >= 0.3 is 6.18 Å². The van der Waals surface area contributed by atoms with Gasteiger partial charge in [0.2, 0.25) is 0 Å². The molecular formula is C10H11F3O2. The Morgan fingerprint density at radius 2 is 1.73 bits per heavy atom. The molecule has 0 spiro atoms. The Balaban J connectivity index is 3.14. The highest BCUT2D eigenvalue weighted by Gasteiger charge is 2.32. The van der Waals surface area contributed by atoms with Gasteiger partial charge in [-0.15, -0.1) is 0 Å². The van der Waals surface area contributed by atoms with Gasteiger partial charge in [-0.3, -0.25) is 0 Å². The number of hydrogen-bond acceptors (Lipinski definition) is 2. The number of benzene rings is 1. The van der Waals surface area contributed by atoms with Gasteiger partial charge in [-0.05, 0) is 24.6 Å². The molecule has 0 aromatic heterocycles. The van der Waals surface area contributed by atoms with E-state index >= 15 is 0 Å². The van der Waals surface area contributed by atoms with Crippen LogP contribution in [0.3, 0.4) is 0 Å². The van der Waals surface area contributed by atoms with E-state index in [-0.39, 0.29) is 5.56 Å². The summed E-state index contributed by atoms with van der Waals surface area (Å²) in [5, 5.41) is 18.4. The molecule has 15 heavy (non-hydrogen) atoms. The van der Waals surface area contributed by atoms with E-state index in [9.17, 15) is 18.3 Å². The Labute approximate surface area is 85.0 Å². The fourth-order valence-electron chi connectivity index (χ4n) is 1.12. The Morgan fingerprint density at radius 3 is 2.20 bits per heavy atom. The molecule has 0 bridgehead atoms. The van der Waals surface area contributed by atoms with Crippen LogP contribution < -0.4 is 0 Å². The van der Waals surface area contributed by atoms with Crippen molar-refractivity contribution in [2.45, 2.75) is 18.7 Å². The van der Waals surface area contributed by atoms with Crippen molar-refractivity contribution in [1.29, 1.82) is 0 Å². The third-order valence-electron chi connectivity index (χ3n) is 2.12. The van der Waals surface area contributed by atoms with Crippen molar-refractivity contribution >= 4 is 0 Å². The van der Waals surface area contributed by atoms with Crippen LogP contribution in [0.1, 0.15) is 18.1 Å². The number of rotatable bonds is 2. The van der Waals surface area contributed by atoms with E-state index in [1.165, 1.54) is 19.1 Å². The zero-order valence-electron chi connectivity index (χ0n) is 8.04. The average Bonchev–Trinajstić information content (AvgIpc) is 2.17. The molecule has 1 aromatic rings. The van der Waals surface area contributed by atoms with Gasteiger partial charge < -0.3 is 10.2 Å². The van der Waals surface area contributed by atoms with Crippen LogP contribution in [0.4, 0.5) is 13.2 Å². The third kappa shape index (κ3) is 2.70. The van der Waals surface area contributed by atoms with Gasteiger partial charge in [0.1, 0.15) is 5.60 Å². The number of halogens is 3. The fraction of sp³-hybridized carbons (Fsp3) is 0.400. The molecule has 1 atom stereocenters. The average molecular weight is 220 g/mol. The molecule has 0 saturated carbocycles. The van der Waals surface area contributed by atoms with Crippen LogP contribution in [0.25, 0.3) is 0 Å². The summed E-state index contributed by atoms with van der Waals surface area (Å²) in [4.78, 5) is 0. The quantitative estimate of drug-likeness (QED) is 0.799. The van der Waals surface area contributed by atoms with Crippen LogP contribution >= 0.6 is 0 Å². The van der Waals surface area contributed by atoms with Gasteiger partial charge in [-0.25, -0.2) is 0 Å². The first-order chi connectivity index (χ1) is 6.77. The van der Waals surface area contributed by atoms with Gasteiger partial charge in [0.05, 0.1) is 12.2 Å². The maximum atomic E-state index is 12.3. The van der Waals surface area contributed by atoms with E-state index < -0.39 is 23.9 Å². The molecule has 5 heteroatoms. The standard InChI is InChI=1S/C10H11F3O2/c1-9(15,6-14)7-3-2-4-8(5-7)10(11,12)13/h2-5,14-15H,6H2,1H3/t9-/m0/s1. The summed E-state index contributed by atoms with van der Waals surface area (Å²) in [7, 11) is 0. The van der Waals surface area contributed by atoms with Crippen LogP contribution in [0.5, 0.6) is 0 Å². The van der Waals surface area contributed by atoms with Crippen molar-refractivity contribution in [2.24, 2.45) is 0 Å². The van der Waals surface area contributed by atoms with Crippen molar-refractivity contribution in [3.63, 3.8) is 0 Å². The summed E-state index contributed by atoms with van der Waals surface area (Å²) in [5.41, 5.74) is -2.45. The summed E-state index contributed by atoms with van der Waals surface area (Å²) >= 11 is 0. The minimum absolute atomic E-state index is 0.0415. The number of aliphatic hydroxyl groups is 2. The first kappa shape index (κ1) is 12.0. The predicted octanol–water partition coefficient (Wildman–Crippen LogP) is 1.91. The summed E-state index contributed by atoms with van der Waals surface area (Å²) in [5.74, 6) is 0. The van der Waals surface area contributed by atoms with Gasteiger partial charge in [-0.2, -0.15) is 13.2 Å². The first-order valence-corrected chi connectivity index (χ1v) is 4.28. The molecule has 0 radical (unpaired) electrons. The summed E-state index contributed by atoms with van der Waals surface area (Å²) in [6.45, 7) is 0.622.